The lowest BCUT2D eigenvalue weighted by atomic mass is 10.2. The van der Waals surface area contributed by atoms with E-state index in [4.69, 9.17) is 9.47 Å². The molecule has 2 aliphatic rings. The number of ether oxygens (including phenoxy) is 2. The van der Waals surface area contributed by atoms with Crippen molar-refractivity contribution in [3.05, 3.63) is 23.8 Å². The van der Waals surface area contributed by atoms with Gasteiger partial charge in [0.25, 0.3) is 0 Å². The fourth-order valence-electron chi connectivity index (χ4n) is 2.35. The third-order valence-electron chi connectivity index (χ3n) is 3.38. The Labute approximate surface area is 112 Å². The second-order valence-corrected chi connectivity index (χ2v) is 6.03. The minimum atomic E-state index is 0.663. The molecule has 4 heteroatoms. The number of benzene rings is 1. The average Bonchev–Trinajstić information content (AvgIpc) is 2.46. The molecule has 2 aliphatic heterocycles. The maximum atomic E-state index is 5.61. The molecule has 0 unspecified atom stereocenters. The third-order valence-corrected chi connectivity index (χ3v) is 4.82. The van der Waals surface area contributed by atoms with Crippen molar-refractivity contribution in [1.29, 1.82) is 0 Å². The van der Waals surface area contributed by atoms with Crippen LogP contribution in [0.3, 0.4) is 0 Å². The number of hydrogen-bond donors (Lipinski definition) is 1. The van der Waals surface area contributed by atoms with Gasteiger partial charge in [-0.3, -0.25) is 0 Å². The Morgan fingerprint density at radius 3 is 2.72 bits per heavy atom. The van der Waals surface area contributed by atoms with Gasteiger partial charge in [0, 0.05) is 11.0 Å². The van der Waals surface area contributed by atoms with Crippen molar-refractivity contribution in [2.75, 3.05) is 26.3 Å². The summed E-state index contributed by atoms with van der Waals surface area (Å²) in [7, 11) is 0. The molecule has 0 aromatic heterocycles. The van der Waals surface area contributed by atoms with Crippen LogP contribution < -0.4 is 14.8 Å². The molecule has 18 heavy (non-hydrogen) atoms. The van der Waals surface area contributed by atoms with Crippen LogP contribution >= 0.6 is 11.8 Å². The van der Waals surface area contributed by atoms with Gasteiger partial charge in [-0.05, 0) is 43.6 Å². The monoisotopic (exact) mass is 265 g/mol. The summed E-state index contributed by atoms with van der Waals surface area (Å²) in [5.74, 6) is 2.86. The van der Waals surface area contributed by atoms with E-state index in [0.29, 0.717) is 13.2 Å². The minimum Gasteiger partial charge on any atom is -0.486 e. The Morgan fingerprint density at radius 1 is 1.11 bits per heavy atom. The zero-order valence-corrected chi connectivity index (χ0v) is 11.3. The van der Waals surface area contributed by atoms with E-state index in [1.54, 1.807) is 0 Å². The molecular formula is C14H19NO2S. The fraction of sp³-hybridized carbons (Fsp3) is 0.571. The first kappa shape index (κ1) is 12.2. The summed E-state index contributed by atoms with van der Waals surface area (Å²) < 4.78 is 11.1. The summed E-state index contributed by atoms with van der Waals surface area (Å²) >= 11 is 2.06. The average molecular weight is 265 g/mol. The Kier molecular flexibility index (Phi) is 3.96. The normalized spacial score (nSPS) is 19.8. The zero-order valence-electron chi connectivity index (χ0n) is 10.5. The molecule has 0 amide bonds. The summed E-state index contributed by atoms with van der Waals surface area (Å²) in [6.45, 7) is 3.66. The number of rotatable bonds is 3. The van der Waals surface area contributed by atoms with E-state index in [-0.39, 0.29) is 0 Å². The predicted molar refractivity (Wildman–Crippen MR) is 74.6 cm³/mol. The standard InChI is InChI=1S/C14H19NO2S/c1-2-13-14(17-8-7-16-13)9-11(1)10-18-12-3-5-15-6-4-12/h1-2,9,12,15H,3-8,10H2. The largest absolute Gasteiger partial charge is 0.486 e. The lowest BCUT2D eigenvalue weighted by Crippen LogP contribution is -2.29. The van der Waals surface area contributed by atoms with Gasteiger partial charge in [0.15, 0.2) is 11.5 Å². The van der Waals surface area contributed by atoms with Gasteiger partial charge in [0.2, 0.25) is 0 Å². The molecule has 1 aromatic rings. The van der Waals surface area contributed by atoms with Crippen LogP contribution in [0.4, 0.5) is 0 Å². The molecule has 1 saturated heterocycles. The maximum Gasteiger partial charge on any atom is 0.161 e. The van der Waals surface area contributed by atoms with Gasteiger partial charge in [0.1, 0.15) is 13.2 Å². The summed E-state index contributed by atoms with van der Waals surface area (Å²) in [6, 6.07) is 6.32. The first-order chi connectivity index (χ1) is 8.92. The Bertz CT molecular complexity index is 405. The molecule has 1 fully saturated rings. The van der Waals surface area contributed by atoms with E-state index in [1.807, 2.05) is 6.07 Å². The third kappa shape index (κ3) is 2.93. The second kappa shape index (κ2) is 5.85. The molecule has 98 valence electrons. The SMILES string of the molecule is c1cc2c(cc1CSC1CCNCC1)OCCO2. The van der Waals surface area contributed by atoms with Crippen LogP contribution in [0, 0.1) is 0 Å². The smallest absolute Gasteiger partial charge is 0.161 e. The fourth-order valence-corrected chi connectivity index (χ4v) is 3.53. The number of piperidine rings is 1. The molecule has 0 bridgehead atoms. The Balaban J connectivity index is 1.58. The summed E-state index contributed by atoms with van der Waals surface area (Å²) in [5.41, 5.74) is 1.34. The molecule has 0 aliphatic carbocycles. The van der Waals surface area contributed by atoms with E-state index >= 15 is 0 Å². The first-order valence-electron chi connectivity index (χ1n) is 6.63. The topological polar surface area (TPSA) is 30.5 Å². The minimum absolute atomic E-state index is 0.663. The van der Waals surface area contributed by atoms with Gasteiger partial charge >= 0.3 is 0 Å². The van der Waals surface area contributed by atoms with Gasteiger partial charge in [-0.25, -0.2) is 0 Å². The summed E-state index contributed by atoms with van der Waals surface area (Å²) in [6.07, 6.45) is 2.57. The highest BCUT2D eigenvalue weighted by Gasteiger charge is 2.15. The van der Waals surface area contributed by atoms with Crippen LogP contribution in [-0.4, -0.2) is 31.6 Å². The lowest BCUT2D eigenvalue weighted by molar-refractivity contribution is 0.171. The highest BCUT2D eigenvalue weighted by molar-refractivity contribution is 7.99. The zero-order chi connectivity index (χ0) is 12.2. The molecule has 3 rings (SSSR count). The van der Waals surface area contributed by atoms with Crippen LogP contribution in [0.5, 0.6) is 11.5 Å². The van der Waals surface area contributed by atoms with Crippen molar-refractivity contribution in [3.63, 3.8) is 0 Å². The lowest BCUT2D eigenvalue weighted by Gasteiger charge is -2.22. The van der Waals surface area contributed by atoms with Gasteiger partial charge in [0.05, 0.1) is 0 Å². The quantitative estimate of drug-likeness (QED) is 0.909. The molecule has 0 radical (unpaired) electrons. The highest BCUT2D eigenvalue weighted by atomic mass is 32.2. The summed E-state index contributed by atoms with van der Waals surface area (Å²) in [4.78, 5) is 0. The van der Waals surface area contributed by atoms with Crippen LogP contribution in [-0.2, 0) is 5.75 Å². The van der Waals surface area contributed by atoms with Crippen LogP contribution in [0.15, 0.2) is 18.2 Å². The van der Waals surface area contributed by atoms with Crippen molar-refractivity contribution >= 4 is 11.8 Å². The van der Waals surface area contributed by atoms with Crippen molar-refractivity contribution in [2.24, 2.45) is 0 Å². The van der Waals surface area contributed by atoms with Gasteiger partial charge < -0.3 is 14.8 Å². The molecule has 1 N–H and O–H groups in total. The molecule has 0 spiro atoms. The number of nitrogens with one attached hydrogen (secondary N) is 1. The van der Waals surface area contributed by atoms with Gasteiger partial charge in [-0.1, -0.05) is 6.07 Å². The molecule has 3 nitrogen and oxygen atoms in total. The first-order valence-corrected chi connectivity index (χ1v) is 7.67. The van der Waals surface area contributed by atoms with Crippen molar-refractivity contribution in [1.82, 2.24) is 5.32 Å². The number of hydrogen-bond acceptors (Lipinski definition) is 4. The van der Waals surface area contributed by atoms with Crippen LogP contribution in [0.25, 0.3) is 0 Å². The molecule has 0 atom stereocenters. The number of thioether (sulfide) groups is 1. The maximum absolute atomic E-state index is 5.61. The van der Waals surface area contributed by atoms with E-state index in [1.165, 1.54) is 31.5 Å². The second-order valence-electron chi connectivity index (χ2n) is 4.74. The van der Waals surface area contributed by atoms with Crippen molar-refractivity contribution < 1.29 is 9.47 Å². The molecule has 0 saturated carbocycles. The summed E-state index contributed by atoms with van der Waals surface area (Å²) in [5, 5.41) is 4.21. The van der Waals surface area contributed by atoms with Gasteiger partial charge in [-0.15, -0.1) is 0 Å². The Hall–Kier alpha value is -0.870. The van der Waals surface area contributed by atoms with E-state index in [2.05, 4.69) is 29.2 Å². The predicted octanol–water partition coefficient (Wildman–Crippen LogP) is 2.44. The van der Waals surface area contributed by atoms with Gasteiger partial charge in [-0.2, -0.15) is 11.8 Å². The molecule has 1 aromatic carbocycles. The van der Waals surface area contributed by atoms with E-state index < -0.39 is 0 Å². The molecule has 2 heterocycles. The highest BCUT2D eigenvalue weighted by Crippen LogP contribution is 2.33. The van der Waals surface area contributed by atoms with E-state index in [9.17, 15) is 0 Å². The van der Waals surface area contributed by atoms with Crippen molar-refractivity contribution in [2.45, 2.75) is 23.8 Å². The van der Waals surface area contributed by atoms with Crippen LogP contribution in [0.1, 0.15) is 18.4 Å². The Morgan fingerprint density at radius 2 is 1.89 bits per heavy atom. The molecular weight excluding hydrogens is 246 g/mol. The van der Waals surface area contributed by atoms with Crippen molar-refractivity contribution in [3.8, 4) is 11.5 Å². The van der Waals surface area contributed by atoms with E-state index in [0.717, 1.165) is 22.5 Å². The number of fused-ring (bicyclic) bond motifs is 1. The van der Waals surface area contributed by atoms with Crippen LogP contribution in [0.2, 0.25) is 0 Å².